The van der Waals surface area contributed by atoms with E-state index in [2.05, 4.69) is 15.2 Å². The molecule has 2 aromatic carbocycles. The van der Waals surface area contributed by atoms with Crippen molar-refractivity contribution in [1.29, 1.82) is 0 Å². The molecule has 8 nitrogen and oxygen atoms in total. The molecule has 3 aromatic rings. The Morgan fingerprint density at radius 3 is 2.68 bits per heavy atom. The summed E-state index contributed by atoms with van der Waals surface area (Å²) >= 11 is 5.92. The van der Waals surface area contributed by atoms with Gasteiger partial charge in [0.15, 0.2) is 0 Å². The van der Waals surface area contributed by atoms with Gasteiger partial charge in [-0.2, -0.15) is 0 Å². The number of piperidine rings is 1. The number of likely N-dealkylation sites (tertiary alicyclic amines) is 1. The van der Waals surface area contributed by atoms with Gasteiger partial charge < -0.3 is 25.0 Å². The zero-order valence-electron chi connectivity index (χ0n) is 18.9. The molecule has 1 unspecified atom stereocenters. The van der Waals surface area contributed by atoms with Gasteiger partial charge in [-0.25, -0.2) is 9.18 Å². The summed E-state index contributed by atoms with van der Waals surface area (Å²) < 4.78 is 21.2. The number of benzene rings is 2. The molecule has 1 aliphatic heterocycles. The van der Waals surface area contributed by atoms with Gasteiger partial charge in [-0.15, -0.1) is 0 Å². The van der Waals surface area contributed by atoms with E-state index in [0.717, 1.165) is 5.56 Å². The second kappa shape index (κ2) is 10.7. The third-order valence-electron chi connectivity index (χ3n) is 6.25. The SMILES string of the molecule is COCCNC(=O)c1cc2[nH]c(=O)n(C3CCN(CC(O)c4ccc(Cl)cc4)CC3)c2cc1F. The monoisotopic (exact) mass is 490 g/mol. The molecule has 1 amide bonds. The van der Waals surface area contributed by atoms with Gasteiger partial charge in [0.05, 0.1) is 29.3 Å². The first-order chi connectivity index (χ1) is 16.4. The molecule has 1 aromatic heterocycles. The van der Waals surface area contributed by atoms with E-state index in [1.165, 1.54) is 19.2 Å². The molecule has 1 saturated heterocycles. The highest BCUT2D eigenvalue weighted by Gasteiger charge is 2.26. The largest absolute Gasteiger partial charge is 0.387 e. The van der Waals surface area contributed by atoms with Crippen LogP contribution in [0.1, 0.15) is 40.9 Å². The minimum absolute atomic E-state index is 0.106. The van der Waals surface area contributed by atoms with Gasteiger partial charge in [-0.3, -0.25) is 9.36 Å². The number of hydrogen-bond donors (Lipinski definition) is 3. The van der Waals surface area contributed by atoms with Gasteiger partial charge in [0, 0.05) is 50.4 Å². The number of H-pyrrole nitrogens is 1. The molecule has 2 heterocycles. The smallest absolute Gasteiger partial charge is 0.326 e. The second-order valence-electron chi connectivity index (χ2n) is 8.50. The molecule has 0 saturated carbocycles. The Bertz CT molecular complexity index is 1200. The molecule has 0 aliphatic carbocycles. The Morgan fingerprint density at radius 1 is 1.29 bits per heavy atom. The number of aliphatic hydroxyl groups is 1. The van der Waals surface area contributed by atoms with Crippen LogP contribution in [0.5, 0.6) is 0 Å². The third-order valence-corrected chi connectivity index (χ3v) is 6.50. The number of β-amino-alcohol motifs (C(OH)–C–C–N with tert-alkyl or cyclic N) is 1. The predicted octanol–water partition coefficient (Wildman–Crippen LogP) is 2.87. The number of amides is 1. The lowest BCUT2D eigenvalue weighted by Gasteiger charge is -2.33. The molecule has 0 bridgehead atoms. The number of carbonyl (C=O) groups is 1. The van der Waals surface area contributed by atoms with Crippen molar-refractivity contribution in [2.24, 2.45) is 0 Å². The fraction of sp³-hybridized carbons (Fsp3) is 0.417. The maximum Gasteiger partial charge on any atom is 0.326 e. The van der Waals surface area contributed by atoms with Gasteiger partial charge in [0.1, 0.15) is 5.82 Å². The molecule has 0 spiro atoms. The topological polar surface area (TPSA) is 99.6 Å². The van der Waals surface area contributed by atoms with Crippen LogP contribution in [0.25, 0.3) is 11.0 Å². The summed E-state index contributed by atoms with van der Waals surface area (Å²) in [6.45, 7) is 2.44. The number of halogens is 2. The number of carbonyl (C=O) groups excluding carboxylic acids is 1. The quantitative estimate of drug-likeness (QED) is 0.422. The molecule has 34 heavy (non-hydrogen) atoms. The molecular weight excluding hydrogens is 463 g/mol. The lowest BCUT2D eigenvalue weighted by molar-refractivity contribution is 0.0906. The molecule has 10 heteroatoms. The molecule has 1 fully saturated rings. The van der Waals surface area contributed by atoms with Crippen LogP contribution in [0.3, 0.4) is 0 Å². The van der Waals surface area contributed by atoms with Crippen LogP contribution in [-0.2, 0) is 4.74 Å². The van der Waals surface area contributed by atoms with Crippen LogP contribution in [0.2, 0.25) is 5.02 Å². The van der Waals surface area contributed by atoms with Crippen molar-refractivity contribution in [2.45, 2.75) is 25.0 Å². The van der Waals surface area contributed by atoms with E-state index < -0.39 is 17.8 Å². The van der Waals surface area contributed by atoms with E-state index in [1.807, 2.05) is 12.1 Å². The summed E-state index contributed by atoms with van der Waals surface area (Å²) in [6, 6.07) is 9.65. The summed E-state index contributed by atoms with van der Waals surface area (Å²) in [5.41, 5.74) is 1.21. The molecule has 182 valence electrons. The van der Waals surface area contributed by atoms with Crippen molar-refractivity contribution in [2.75, 3.05) is 39.9 Å². The maximum atomic E-state index is 14.8. The van der Waals surface area contributed by atoms with Gasteiger partial charge in [0.2, 0.25) is 0 Å². The normalized spacial score (nSPS) is 16.1. The van der Waals surface area contributed by atoms with Crippen LogP contribution in [0, 0.1) is 5.82 Å². The van der Waals surface area contributed by atoms with Crippen LogP contribution < -0.4 is 11.0 Å². The third kappa shape index (κ3) is 5.33. The lowest BCUT2D eigenvalue weighted by atomic mass is 10.0. The van der Waals surface area contributed by atoms with E-state index in [9.17, 15) is 19.1 Å². The first kappa shape index (κ1) is 24.4. The van der Waals surface area contributed by atoms with Gasteiger partial charge >= 0.3 is 5.69 Å². The first-order valence-electron chi connectivity index (χ1n) is 11.2. The number of nitrogens with one attached hydrogen (secondary N) is 2. The molecule has 4 rings (SSSR count). The maximum absolute atomic E-state index is 14.8. The number of rotatable bonds is 8. The Kier molecular flexibility index (Phi) is 7.67. The van der Waals surface area contributed by atoms with Crippen molar-refractivity contribution in [1.82, 2.24) is 19.8 Å². The van der Waals surface area contributed by atoms with Crippen LogP contribution >= 0.6 is 11.6 Å². The highest BCUT2D eigenvalue weighted by atomic mass is 35.5. The molecule has 3 N–H and O–H groups in total. The van der Waals surface area contributed by atoms with Crippen molar-refractivity contribution in [3.8, 4) is 0 Å². The molecule has 0 radical (unpaired) electrons. The van der Waals surface area contributed by atoms with E-state index in [1.54, 1.807) is 16.7 Å². The summed E-state index contributed by atoms with van der Waals surface area (Å²) in [6.07, 6.45) is 0.731. The summed E-state index contributed by atoms with van der Waals surface area (Å²) in [5, 5.41) is 13.8. The van der Waals surface area contributed by atoms with Crippen molar-refractivity contribution < 1.29 is 19.0 Å². The average molecular weight is 491 g/mol. The van der Waals surface area contributed by atoms with Crippen LogP contribution in [0.15, 0.2) is 41.2 Å². The van der Waals surface area contributed by atoms with Crippen LogP contribution in [0.4, 0.5) is 4.39 Å². The Morgan fingerprint density at radius 2 is 2.00 bits per heavy atom. The summed E-state index contributed by atoms with van der Waals surface area (Å²) in [5.74, 6) is -1.24. The molecular formula is C24H28ClFN4O4. The fourth-order valence-electron chi connectivity index (χ4n) is 4.44. The minimum Gasteiger partial charge on any atom is -0.387 e. The Labute approximate surface area is 201 Å². The first-order valence-corrected chi connectivity index (χ1v) is 11.6. The predicted molar refractivity (Wildman–Crippen MR) is 128 cm³/mol. The second-order valence-corrected chi connectivity index (χ2v) is 8.93. The Hall–Kier alpha value is -2.72. The number of aromatic amines is 1. The fourth-order valence-corrected chi connectivity index (χ4v) is 4.57. The molecule has 1 aliphatic rings. The zero-order chi connectivity index (χ0) is 24.2. The van der Waals surface area contributed by atoms with E-state index in [-0.39, 0.29) is 23.8 Å². The number of fused-ring (bicyclic) bond motifs is 1. The van der Waals surface area contributed by atoms with E-state index in [0.29, 0.717) is 55.1 Å². The van der Waals surface area contributed by atoms with Crippen LogP contribution in [-0.4, -0.2) is 65.4 Å². The number of nitrogens with zero attached hydrogens (tertiary/aromatic N) is 2. The number of ether oxygens (including phenoxy) is 1. The highest BCUT2D eigenvalue weighted by molar-refractivity contribution is 6.30. The van der Waals surface area contributed by atoms with Crippen molar-refractivity contribution in [3.63, 3.8) is 0 Å². The Balaban J connectivity index is 1.44. The van der Waals surface area contributed by atoms with Gasteiger partial charge in [0.25, 0.3) is 5.91 Å². The van der Waals surface area contributed by atoms with Crippen molar-refractivity contribution >= 4 is 28.5 Å². The zero-order valence-corrected chi connectivity index (χ0v) is 19.6. The van der Waals surface area contributed by atoms with E-state index >= 15 is 0 Å². The highest BCUT2D eigenvalue weighted by Crippen LogP contribution is 2.27. The number of imidazole rings is 1. The number of aromatic nitrogens is 2. The molecule has 1 atom stereocenters. The van der Waals surface area contributed by atoms with Gasteiger partial charge in [-0.05, 0) is 36.6 Å². The van der Waals surface area contributed by atoms with Crippen molar-refractivity contribution in [3.05, 3.63) is 68.8 Å². The van der Waals surface area contributed by atoms with Gasteiger partial charge in [-0.1, -0.05) is 23.7 Å². The number of methoxy groups -OCH3 is 1. The standard InChI is InChI=1S/C24H28ClFN4O4/c1-34-11-8-27-23(32)18-12-20-21(13-19(18)26)30(24(33)28-20)17-6-9-29(10-7-17)14-22(31)15-2-4-16(25)5-3-15/h2-5,12-13,17,22,31H,6-11,14H2,1H3,(H,27,32)(H,28,33). The van der Waals surface area contributed by atoms with E-state index in [4.69, 9.17) is 16.3 Å². The minimum atomic E-state index is -0.682. The number of aliphatic hydroxyl groups excluding tert-OH is 1. The summed E-state index contributed by atoms with van der Waals surface area (Å²) in [4.78, 5) is 29.9. The average Bonchev–Trinajstić information content (AvgIpc) is 3.14. The lowest BCUT2D eigenvalue weighted by Crippen LogP contribution is -2.39. The summed E-state index contributed by atoms with van der Waals surface area (Å²) in [7, 11) is 1.51. The number of hydrogen-bond acceptors (Lipinski definition) is 5.